The summed E-state index contributed by atoms with van der Waals surface area (Å²) in [6.45, 7) is 4.89. The van der Waals surface area contributed by atoms with E-state index in [0.717, 1.165) is 3.57 Å². The number of nitrogens with zero attached hydrogens (tertiary/aromatic N) is 1. The van der Waals surface area contributed by atoms with E-state index in [0.29, 0.717) is 39.0 Å². The highest BCUT2D eigenvalue weighted by atomic mass is 127. The number of rotatable bonds is 13. The van der Waals surface area contributed by atoms with E-state index in [9.17, 15) is 14.4 Å². The van der Waals surface area contributed by atoms with Gasteiger partial charge in [0.25, 0.3) is 5.91 Å². The molecule has 12 nitrogen and oxygen atoms in total. The molecule has 0 radical (unpaired) electrons. The van der Waals surface area contributed by atoms with Gasteiger partial charge in [-0.15, -0.1) is 0 Å². The van der Waals surface area contributed by atoms with E-state index in [-0.39, 0.29) is 32.2 Å². The monoisotopic (exact) mass is 710 g/mol. The summed E-state index contributed by atoms with van der Waals surface area (Å²) in [6.07, 6.45) is 1.37. The summed E-state index contributed by atoms with van der Waals surface area (Å²) in [5, 5.41) is 10.4. The molecule has 0 aromatic heterocycles. The Hall–Kier alpha value is -3.92. The second-order valence-corrected chi connectivity index (χ2v) is 10.2. The molecule has 0 spiro atoms. The minimum Gasteiger partial charge on any atom is -0.493 e. The number of carbonyl (C=O) groups is 3. The van der Waals surface area contributed by atoms with Crippen molar-refractivity contribution in [3.8, 4) is 17.2 Å². The van der Waals surface area contributed by atoms with Crippen LogP contribution >= 0.6 is 34.8 Å². The van der Waals surface area contributed by atoms with Gasteiger partial charge in [0.05, 0.1) is 38.2 Å². The van der Waals surface area contributed by atoms with Crippen molar-refractivity contribution in [2.45, 2.75) is 26.8 Å². The Labute approximate surface area is 262 Å². The molecule has 1 heterocycles. The third-order valence-electron chi connectivity index (χ3n) is 5.65. The molecule has 1 aliphatic heterocycles. The van der Waals surface area contributed by atoms with Crippen LogP contribution in [0.3, 0.4) is 0 Å². The number of amides is 1. The SMILES string of the molecule is CCOC(=O)COc1c(C=NNC(=O)COc2ccccc2[C@H]2NC(=S)NC(C)=C2C(=O)OCC)cc(I)cc1OC. The molecule has 3 rings (SSSR count). The molecular formula is C28H31IN4O8S. The van der Waals surface area contributed by atoms with Crippen LogP contribution in [0.15, 0.2) is 52.8 Å². The van der Waals surface area contributed by atoms with Crippen LogP contribution < -0.4 is 30.3 Å². The molecule has 224 valence electrons. The Balaban J connectivity index is 1.72. The first-order chi connectivity index (χ1) is 20.2. The van der Waals surface area contributed by atoms with Crippen LogP contribution in [0.2, 0.25) is 0 Å². The molecule has 0 aliphatic carbocycles. The zero-order valence-corrected chi connectivity index (χ0v) is 26.4. The molecule has 3 N–H and O–H groups in total. The molecule has 1 aliphatic rings. The molecule has 42 heavy (non-hydrogen) atoms. The summed E-state index contributed by atoms with van der Waals surface area (Å²) in [6, 6.07) is 9.81. The van der Waals surface area contributed by atoms with Gasteiger partial charge in [-0.1, -0.05) is 18.2 Å². The van der Waals surface area contributed by atoms with Crippen molar-refractivity contribution in [1.82, 2.24) is 16.1 Å². The number of thiocarbonyl (C=S) groups is 1. The lowest BCUT2D eigenvalue weighted by Gasteiger charge is -2.30. The number of para-hydroxylation sites is 1. The first kappa shape index (κ1) is 32.6. The topological polar surface area (TPSA) is 146 Å². The zero-order chi connectivity index (χ0) is 30.6. The lowest BCUT2D eigenvalue weighted by atomic mass is 9.95. The maximum Gasteiger partial charge on any atom is 0.344 e. The van der Waals surface area contributed by atoms with Crippen molar-refractivity contribution in [2.24, 2.45) is 5.10 Å². The van der Waals surface area contributed by atoms with Crippen LogP contribution in [0.25, 0.3) is 0 Å². The van der Waals surface area contributed by atoms with Gasteiger partial charge in [0.1, 0.15) is 5.75 Å². The summed E-state index contributed by atoms with van der Waals surface area (Å²) in [5.74, 6) is -0.557. The number of benzene rings is 2. The lowest BCUT2D eigenvalue weighted by molar-refractivity contribution is -0.145. The Morgan fingerprint density at radius 3 is 2.52 bits per heavy atom. The summed E-state index contributed by atoms with van der Waals surface area (Å²) >= 11 is 7.41. The van der Waals surface area contributed by atoms with Gasteiger partial charge in [-0.05, 0) is 73.8 Å². The molecule has 0 fully saturated rings. The fourth-order valence-electron chi connectivity index (χ4n) is 3.93. The lowest BCUT2D eigenvalue weighted by Crippen LogP contribution is -2.45. The van der Waals surface area contributed by atoms with Crippen molar-refractivity contribution in [1.29, 1.82) is 0 Å². The molecule has 14 heteroatoms. The zero-order valence-electron chi connectivity index (χ0n) is 23.4. The fourth-order valence-corrected chi connectivity index (χ4v) is 4.82. The highest BCUT2D eigenvalue weighted by molar-refractivity contribution is 14.1. The highest BCUT2D eigenvalue weighted by Crippen LogP contribution is 2.34. The number of ether oxygens (including phenoxy) is 5. The summed E-state index contributed by atoms with van der Waals surface area (Å²) in [5.41, 5.74) is 4.38. The summed E-state index contributed by atoms with van der Waals surface area (Å²) in [7, 11) is 1.47. The van der Waals surface area contributed by atoms with Gasteiger partial charge in [-0.25, -0.2) is 15.0 Å². The molecule has 2 aromatic rings. The van der Waals surface area contributed by atoms with Gasteiger partial charge in [-0.2, -0.15) is 5.10 Å². The summed E-state index contributed by atoms with van der Waals surface area (Å²) in [4.78, 5) is 37.1. The van der Waals surface area contributed by atoms with Crippen LogP contribution in [-0.2, 0) is 23.9 Å². The number of methoxy groups -OCH3 is 1. The Morgan fingerprint density at radius 1 is 1.07 bits per heavy atom. The van der Waals surface area contributed by atoms with Crippen molar-refractivity contribution >= 4 is 64.0 Å². The minimum atomic E-state index is -0.654. The van der Waals surface area contributed by atoms with E-state index >= 15 is 0 Å². The van der Waals surface area contributed by atoms with Gasteiger partial charge in [0, 0.05) is 20.4 Å². The summed E-state index contributed by atoms with van der Waals surface area (Å²) < 4.78 is 27.8. The van der Waals surface area contributed by atoms with E-state index in [1.165, 1.54) is 13.3 Å². The number of hydrogen-bond acceptors (Lipinski definition) is 10. The smallest absolute Gasteiger partial charge is 0.344 e. The van der Waals surface area contributed by atoms with Gasteiger partial charge >= 0.3 is 11.9 Å². The number of halogens is 1. The van der Waals surface area contributed by atoms with E-state index in [2.05, 4.69) is 43.8 Å². The van der Waals surface area contributed by atoms with Crippen LogP contribution in [0.5, 0.6) is 17.2 Å². The third kappa shape index (κ3) is 8.79. The van der Waals surface area contributed by atoms with Crippen LogP contribution in [-0.4, -0.2) is 62.7 Å². The number of hydrazone groups is 1. The minimum absolute atomic E-state index is 0.208. The molecular weight excluding hydrogens is 679 g/mol. The third-order valence-corrected chi connectivity index (χ3v) is 6.50. The van der Waals surface area contributed by atoms with E-state index in [1.807, 2.05) is 0 Å². The molecule has 2 aromatic carbocycles. The van der Waals surface area contributed by atoms with Crippen LogP contribution in [0.4, 0.5) is 0 Å². The highest BCUT2D eigenvalue weighted by Gasteiger charge is 2.32. The van der Waals surface area contributed by atoms with E-state index < -0.39 is 23.9 Å². The number of carbonyl (C=O) groups excluding carboxylic acids is 3. The van der Waals surface area contributed by atoms with Gasteiger partial charge in [0.15, 0.2) is 29.8 Å². The number of nitrogens with one attached hydrogen (secondary N) is 3. The number of allylic oxidation sites excluding steroid dienone is 1. The number of hydrogen-bond donors (Lipinski definition) is 3. The normalized spacial score (nSPS) is 14.5. The Bertz CT molecular complexity index is 1400. The van der Waals surface area contributed by atoms with Crippen molar-refractivity contribution in [2.75, 3.05) is 33.5 Å². The molecule has 1 atom stereocenters. The second-order valence-electron chi connectivity index (χ2n) is 8.53. The average Bonchev–Trinajstić information content (AvgIpc) is 2.95. The van der Waals surface area contributed by atoms with Gasteiger partial charge < -0.3 is 34.3 Å². The average molecular weight is 711 g/mol. The largest absolute Gasteiger partial charge is 0.493 e. The maximum atomic E-state index is 12.7. The van der Waals surface area contributed by atoms with Crippen molar-refractivity contribution in [3.05, 3.63) is 62.4 Å². The predicted molar refractivity (Wildman–Crippen MR) is 166 cm³/mol. The maximum absolute atomic E-state index is 12.7. The molecule has 0 bridgehead atoms. The number of esters is 2. The Morgan fingerprint density at radius 2 is 1.81 bits per heavy atom. The van der Waals surface area contributed by atoms with Crippen LogP contribution in [0.1, 0.15) is 37.9 Å². The second kappa shape index (κ2) is 15.9. The first-order valence-corrected chi connectivity index (χ1v) is 14.3. The van der Waals surface area contributed by atoms with Crippen molar-refractivity contribution in [3.63, 3.8) is 0 Å². The van der Waals surface area contributed by atoms with Crippen molar-refractivity contribution < 1.29 is 38.1 Å². The van der Waals surface area contributed by atoms with Gasteiger partial charge in [-0.3, -0.25) is 4.79 Å². The Kier molecular flexibility index (Phi) is 12.3. The van der Waals surface area contributed by atoms with Gasteiger partial charge in [0.2, 0.25) is 0 Å². The predicted octanol–water partition coefficient (Wildman–Crippen LogP) is 3.13. The standard InChI is InChI=1S/C28H31IN4O8S/c1-5-38-23(35)15-41-26-17(11-18(29)12-21(26)37-4)13-30-33-22(34)14-40-20-10-8-7-9-19(20)25-24(27(36)39-6-2)16(3)31-28(42)32-25/h7-13,25H,5-6,14-15H2,1-4H3,(H,33,34)(H2,31,32,42)/t25-/m1/s1. The fraction of sp³-hybridized carbons (Fsp3) is 0.321. The molecule has 0 saturated heterocycles. The first-order valence-electron chi connectivity index (χ1n) is 12.8. The quantitative estimate of drug-likeness (QED) is 0.0928. The van der Waals surface area contributed by atoms with Crippen LogP contribution in [0, 0.1) is 3.57 Å². The van der Waals surface area contributed by atoms with E-state index in [1.54, 1.807) is 57.2 Å². The van der Waals surface area contributed by atoms with E-state index in [4.69, 9.17) is 35.9 Å². The molecule has 1 amide bonds. The molecule has 0 unspecified atom stereocenters. The molecule has 0 saturated carbocycles.